The molecule has 4 nitrogen and oxygen atoms in total. The van der Waals surface area contributed by atoms with E-state index in [2.05, 4.69) is 5.32 Å². The zero-order chi connectivity index (χ0) is 13.0. The Hall–Kier alpha value is -1.59. The molecule has 0 aliphatic rings. The van der Waals surface area contributed by atoms with Crippen LogP contribution in [0, 0.1) is 0 Å². The lowest BCUT2D eigenvalue weighted by molar-refractivity contribution is 0.0924. The molecule has 96 valence electrons. The monoisotopic (exact) mass is 264 g/mol. The van der Waals surface area contributed by atoms with Gasteiger partial charge in [-0.2, -0.15) is 0 Å². The summed E-state index contributed by atoms with van der Waals surface area (Å²) in [6.07, 6.45) is 0. The summed E-state index contributed by atoms with van der Waals surface area (Å²) in [4.78, 5) is 12.0. The Labute approximate surface area is 110 Å². The molecule has 0 aliphatic heterocycles. The molecule has 18 heavy (non-hydrogen) atoms. The maximum Gasteiger partial charge on any atom is 0.252 e. The lowest BCUT2D eigenvalue weighted by Gasteiger charge is -2.05. The quantitative estimate of drug-likeness (QED) is 0.643. The second-order valence-corrected chi connectivity index (χ2v) is 4.73. The minimum absolute atomic E-state index is 0.0983. The maximum atomic E-state index is 12.0. The van der Waals surface area contributed by atoms with Crippen molar-refractivity contribution in [3.05, 3.63) is 29.1 Å². The Morgan fingerprint density at radius 1 is 1.50 bits per heavy atom. The van der Waals surface area contributed by atoms with Gasteiger partial charge in [0.2, 0.25) is 0 Å². The molecule has 0 unspecified atom stereocenters. The number of nitrogens with one attached hydrogen (secondary N) is 1. The molecule has 0 spiro atoms. The van der Waals surface area contributed by atoms with Crippen LogP contribution in [0.1, 0.15) is 17.3 Å². The molecule has 1 aromatic heterocycles. The van der Waals surface area contributed by atoms with Crippen molar-refractivity contribution in [2.45, 2.75) is 6.92 Å². The molecule has 0 fully saturated rings. The molecule has 0 radical (unpaired) electrons. The fraction of sp³-hybridized carbons (Fsp3) is 0.308. The largest absolute Gasteiger partial charge is 0.398 e. The summed E-state index contributed by atoms with van der Waals surface area (Å²) in [5.74, 6) is -0.0983. The zero-order valence-corrected chi connectivity index (χ0v) is 11.0. The van der Waals surface area contributed by atoms with Crippen molar-refractivity contribution in [1.29, 1.82) is 0 Å². The van der Waals surface area contributed by atoms with Crippen molar-refractivity contribution in [1.82, 2.24) is 5.32 Å². The zero-order valence-electron chi connectivity index (χ0n) is 10.2. The number of hydrogen-bond donors (Lipinski definition) is 2. The molecule has 0 aliphatic carbocycles. The van der Waals surface area contributed by atoms with Gasteiger partial charge in [-0.05, 0) is 19.1 Å². The number of rotatable bonds is 5. The van der Waals surface area contributed by atoms with Gasteiger partial charge >= 0.3 is 0 Å². The van der Waals surface area contributed by atoms with Crippen LogP contribution in [0.3, 0.4) is 0 Å². The number of ether oxygens (including phenoxy) is 1. The summed E-state index contributed by atoms with van der Waals surface area (Å²) < 4.78 is 6.21. The van der Waals surface area contributed by atoms with Gasteiger partial charge in [-0.15, -0.1) is 11.3 Å². The third-order valence-electron chi connectivity index (χ3n) is 2.61. The van der Waals surface area contributed by atoms with E-state index >= 15 is 0 Å². The lowest BCUT2D eigenvalue weighted by atomic mass is 10.1. The number of carbonyl (C=O) groups is 1. The molecule has 0 saturated carbocycles. The first-order valence-electron chi connectivity index (χ1n) is 5.85. The number of carbonyl (C=O) groups excluding carboxylic acids is 1. The van der Waals surface area contributed by atoms with E-state index in [4.69, 9.17) is 10.5 Å². The molecular formula is C13H16N2O2S. The van der Waals surface area contributed by atoms with E-state index in [0.29, 0.717) is 31.0 Å². The fourth-order valence-corrected chi connectivity index (χ4v) is 2.73. The van der Waals surface area contributed by atoms with Crippen LogP contribution < -0.4 is 11.1 Å². The van der Waals surface area contributed by atoms with E-state index < -0.39 is 0 Å². The van der Waals surface area contributed by atoms with Crippen molar-refractivity contribution in [2.24, 2.45) is 0 Å². The van der Waals surface area contributed by atoms with Crippen molar-refractivity contribution < 1.29 is 9.53 Å². The van der Waals surface area contributed by atoms with E-state index in [1.807, 2.05) is 30.5 Å². The number of fused-ring (bicyclic) bond motifs is 1. The van der Waals surface area contributed by atoms with Crippen LogP contribution in [0.25, 0.3) is 10.1 Å². The highest BCUT2D eigenvalue weighted by Crippen LogP contribution is 2.30. The maximum absolute atomic E-state index is 12.0. The van der Waals surface area contributed by atoms with Gasteiger partial charge < -0.3 is 15.8 Å². The summed E-state index contributed by atoms with van der Waals surface area (Å²) >= 11 is 1.53. The molecule has 5 heteroatoms. The van der Waals surface area contributed by atoms with Gasteiger partial charge in [0.15, 0.2) is 0 Å². The van der Waals surface area contributed by atoms with E-state index in [1.165, 1.54) is 11.3 Å². The van der Waals surface area contributed by atoms with Gasteiger partial charge in [0.25, 0.3) is 5.91 Å². The highest BCUT2D eigenvalue weighted by Gasteiger charge is 2.13. The number of nitrogens with two attached hydrogens (primary N) is 1. The van der Waals surface area contributed by atoms with Gasteiger partial charge in [0.1, 0.15) is 0 Å². The van der Waals surface area contributed by atoms with Crippen LogP contribution in [0.4, 0.5) is 5.69 Å². The predicted molar refractivity (Wildman–Crippen MR) is 75.1 cm³/mol. The second kappa shape index (κ2) is 5.84. The second-order valence-electron chi connectivity index (χ2n) is 3.82. The van der Waals surface area contributed by atoms with Crippen LogP contribution in [-0.4, -0.2) is 25.7 Å². The normalized spacial score (nSPS) is 10.7. The van der Waals surface area contributed by atoms with Gasteiger partial charge in [0.05, 0.1) is 12.2 Å². The number of nitrogen functional groups attached to an aromatic ring is 1. The van der Waals surface area contributed by atoms with Crippen LogP contribution in [0.5, 0.6) is 0 Å². The number of hydrogen-bond acceptors (Lipinski definition) is 4. The number of benzene rings is 1. The minimum Gasteiger partial charge on any atom is -0.398 e. The molecule has 1 heterocycles. The first-order valence-corrected chi connectivity index (χ1v) is 6.73. The SMILES string of the molecule is CCOCCNC(=O)c1csc2cccc(N)c12. The summed E-state index contributed by atoms with van der Waals surface area (Å²) in [7, 11) is 0. The van der Waals surface area contributed by atoms with Gasteiger partial charge in [0, 0.05) is 34.3 Å². The van der Waals surface area contributed by atoms with Crippen LogP contribution in [-0.2, 0) is 4.74 Å². The summed E-state index contributed by atoms with van der Waals surface area (Å²) in [6, 6.07) is 5.67. The average molecular weight is 264 g/mol. The predicted octanol–water partition coefficient (Wildman–Crippen LogP) is 2.25. The summed E-state index contributed by atoms with van der Waals surface area (Å²) in [5.41, 5.74) is 7.20. The van der Waals surface area contributed by atoms with Crippen LogP contribution in [0.2, 0.25) is 0 Å². The van der Waals surface area contributed by atoms with Crippen LogP contribution in [0.15, 0.2) is 23.6 Å². The molecular weight excluding hydrogens is 248 g/mol. The van der Waals surface area contributed by atoms with Gasteiger partial charge in [-0.3, -0.25) is 4.79 Å². The average Bonchev–Trinajstić information content (AvgIpc) is 2.80. The molecule has 0 saturated heterocycles. The number of thiophene rings is 1. The highest BCUT2D eigenvalue weighted by molar-refractivity contribution is 7.17. The first-order chi connectivity index (χ1) is 8.74. The summed E-state index contributed by atoms with van der Waals surface area (Å²) in [6.45, 7) is 3.62. The van der Waals surface area contributed by atoms with E-state index in [-0.39, 0.29) is 5.91 Å². The molecule has 0 bridgehead atoms. The Morgan fingerprint density at radius 2 is 2.33 bits per heavy atom. The third-order valence-corrected chi connectivity index (χ3v) is 3.56. The topological polar surface area (TPSA) is 64.3 Å². The van der Waals surface area contributed by atoms with Crippen molar-refractivity contribution in [3.63, 3.8) is 0 Å². The van der Waals surface area contributed by atoms with E-state index in [9.17, 15) is 4.79 Å². The van der Waals surface area contributed by atoms with Crippen LogP contribution >= 0.6 is 11.3 Å². The Balaban J connectivity index is 2.13. The van der Waals surface area contributed by atoms with E-state index in [1.54, 1.807) is 0 Å². The smallest absolute Gasteiger partial charge is 0.252 e. The fourth-order valence-electron chi connectivity index (χ4n) is 1.76. The third kappa shape index (κ3) is 2.63. The number of amides is 1. The molecule has 3 N–H and O–H groups in total. The molecule has 1 aromatic carbocycles. The molecule has 2 aromatic rings. The number of anilines is 1. The van der Waals surface area contributed by atoms with Crippen molar-refractivity contribution in [3.8, 4) is 0 Å². The Kier molecular flexibility index (Phi) is 4.17. The van der Waals surface area contributed by atoms with E-state index in [0.717, 1.165) is 10.1 Å². The van der Waals surface area contributed by atoms with Gasteiger partial charge in [-0.1, -0.05) is 6.07 Å². The summed E-state index contributed by atoms with van der Waals surface area (Å²) in [5, 5.41) is 5.51. The Morgan fingerprint density at radius 3 is 3.11 bits per heavy atom. The first kappa shape index (κ1) is 12.9. The minimum atomic E-state index is -0.0983. The Bertz CT molecular complexity index is 551. The van der Waals surface area contributed by atoms with Crippen molar-refractivity contribution in [2.75, 3.05) is 25.5 Å². The van der Waals surface area contributed by atoms with Gasteiger partial charge in [-0.25, -0.2) is 0 Å². The van der Waals surface area contributed by atoms with Crippen molar-refractivity contribution >= 4 is 33.0 Å². The highest BCUT2D eigenvalue weighted by atomic mass is 32.1. The molecule has 2 rings (SSSR count). The molecule has 0 atom stereocenters. The standard InChI is InChI=1S/C13H16N2O2S/c1-2-17-7-6-15-13(16)9-8-18-11-5-3-4-10(14)12(9)11/h3-5,8H,2,6-7,14H2,1H3,(H,15,16). The molecule has 1 amide bonds. The lowest BCUT2D eigenvalue weighted by Crippen LogP contribution is -2.27.